The Kier molecular flexibility index (Phi) is 4.24. The van der Waals surface area contributed by atoms with Crippen molar-refractivity contribution < 1.29 is 15.0 Å². The summed E-state index contributed by atoms with van der Waals surface area (Å²) in [6.45, 7) is 1.89. The third-order valence-corrected chi connectivity index (χ3v) is 5.81. The molecular weight excluding hydrogens is 302 g/mol. The first-order valence-corrected chi connectivity index (χ1v) is 8.55. The van der Waals surface area contributed by atoms with Crippen molar-refractivity contribution in [2.75, 3.05) is 27.2 Å². The maximum atomic E-state index is 12.5. The molecule has 1 aliphatic heterocycles. The molecule has 1 amide bonds. The highest BCUT2D eigenvalue weighted by Crippen LogP contribution is 2.49. The summed E-state index contributed by atoms with van der Waals surface area (Å²) in [7, 11) is 3.95. The average molecular weight is 325 g/mol. The highest BCUT2D eigenvalue weighted by molar-refractivity contribution is 7.09. The maximum absolute atomic E-state index is 12.5. The molecule has 1 aromatic rings. The van der Waals surface area contributed by atoms with Gasteiger partial charge in [-0.05, 0) is 26.9 Å². The van der Waals surface area contributed by atoms with Crippen LogP contribution in [0.15, 0.2) is 5.38 Å². The van der Waals surface area contributed by atoms with Gasteiger partial charge in [-0.1, -0.05) is 0 Å². The lowest BCUT2D eigenvalue weighted by atomic mass is 9.58. The molecule has 22 heavy (non-hydrogen) atoms. The Balaban J connectivity index is 1.61. The van der Waals surface area contributed by atoms with E-state index in [4.69, 9.17) is 0 Å². The first-order valence-electron chi connectivity index (χ1n) is 7.67. The van der Waals surface area contributed by atoms with Crippen molar-refractivity contribution in [1.82, 2.24) is 14.8 Å². The molecule has 0 radical (unpaired) electrons. The lowest BCUT2D eigenvalue weighted by molar-refractivity contribution is -0.187. The Hall–Kier alpha value is -1.02. The number of amides is 1. The van der Waals surface area contributed by atoms with E-state index in [2.05, 4.69) is 4.98 Å². The van der Waals surface area contributed by atoms with Gasteiger partial charge in [0.25, 0.3) is 5.91 Å². The summed E-state index contributed by atoms with van der Waals surface area (Å²) < 4.78 is 0. The maximum Gasteiger partial charge on any atom is 0.273 e. The SMILES string of the molecule is CN(C)Cc1nc(C(=O)N2CCC3(CC2)[C@H](O)C[C@@H]3O)cs1. The predicted molar refractivity (Wildman–Crippen MR) is 83.7 cm³/mol. The molecule has 122 valence electrons. The third kappa shape index (κ3) is 2.67. The lowest BCUT2D eigenvalue weighted by Gasteiger charge is -2.54. The molecule has 1 saturated carbocycles. The summed E-state index contributed by atoms with van der Waals surface area (Å²) in [5, 5.41) is 22.6. The molecule has 2 aliphatic rings. The van der Waals surface area contributed by atoms with E-state index in [1.807, 2.05) is 24.4 Å². The number of hydrogen-bond donors (Lipinski definition) is 2. The van der Waals surface area contributed by atoms with Crippen LogP contribution in [-0.4, -0.2) is 70.3 Å². The van der Waals surface area contributed by atoms with E-state index in [-0.39, 0.29) is 11.3 Å². The van der Waals surface area contributed by atoms with Crippen LogP contribution < -0.4 is 0 Å². The fraction of sp³-hybridized carbons (Fsp3) is 0.733. The van der Waals surface area contributed by atoms with E-state index < -0.39 is 12.2 Å². The van der Waals surface area contributed by atoms with Gasteiger partial charge in [-0.2, -0.15) is 0 Å². The number of thiazole rings is 1. The van der Waals surface area contributed by atoms with E-state index in [1.165, 1.54) is 11.3 Å². The third-order valence-electron chi connectivity index (χ3n) is 4.98. The molecule has 1 saturated heterocycles. The van der Waals surface area contributed by atoms with Crippen molar-refractivity contribution in [3.63, 3.8) is 0 Å². The predicted octanol–water partition coefficient (Wildman–Crippen LogP) is 0.553. The van der Waals surface area contributed by atoms with Crippen LogP contribution in [0.25, 0.3) is 0 Å². The minimum Gasteiger partial charge on any atom is -0.392 e. The van der Waals surface area contributed by atoms with E-state index in [0.717, 1.165) is 11.6 Å². The van der Waals surface area contributed by atoms with Crippen LogP contribution in [0.3, 0.4) is 0 Å². The van der Waals surface area contributed by atoms with Crippen molar-refractivity contribution in [2.45, 2.75) is 38.0 Å². The van der Waals surface area contributed by atoms with Gasteiger partial charge < -0.3 is 20.0 Å². The molecule has 1 aliphatic carbocycles. The van der Waals surface area contributed by atoms with Crippen LogP contribution in [0.2, 0.25) is 0 Å². The Morgan fingerprint density at radius 3 is 2.59 bits per heavy atom. The highest BCUT2D eigenvalue weighted by atomic mass is 32.1. The van der Waals surface area contributed by atoms with Gasteiger partial charge in [0, 0.05) is 36.9 Å². The van der Waals surface area contributed by atoms with Crippen LogP contribution in [-0.2, 0) is 6.54 Å². The monoisotopic (exact) mass is 325 g/mol. The number of piperidine rings is 1. The number of aliphatic hydroxyl groups excluding tert-OH is 2. The van der Waals surface area contributed by atoms with Gasteiger partial charge in [0.05, 0.1) is 12.2 Å². The lowest BCUT2D eigenvalue weighted by Crippen LogP contribution is -2.61. The van der Waals surface area contributed by atoms with E-state index in [1.54, 1.807) is 4.90 Å². The van der Waals surface area contributed by atoms with Gasteiger partial charge in [0.1, 0.15) is 10.7 Å². The fourth-order valence-corrected chi connectivity index (χ4v) is 4.33. The number of hydrogen-bond acceptors (Lipinski definition) is 6. The summed E-state index contributed by atoms with van der Waals surface area (Å²) in [4.78, 5) is 20.7. The van der Waals surface area contributed by atoms with Gasteiger partial charge >= 0.3 is 0 Å². The van der Waals surface area contributed by atoms with E-state index in [0.29, 0.717) is 38.0 Å². The second kappa shape index (κ2) is 5.88. The van der Waals surface area contributed by atoms with Crippen molar-refractivity contribution in [1.29, 1.82) is 0 Å². The topological polar surface area (TPSA) is 76.9 Å². The fourth-order valence-electron chi connectivity index (χ4n) is 3.45. The molecule has 2 N–H and O–H groups in total. The Bertz CT molecular complexity index is 542. The molecule has 0 aromatic carbocycles. The molecule has 0 bridgehead atoms. The van der Waals surface area contributed by atoms with Gasteiger partial charge in [-0.3, -0.25) is 4.79 Å². The van der Waals surface area contributed by atoms with Gasteiger partial charge in [0.15, 0.2) is 0 Å². The minimum absolute atomic E-state index is 0.0422. The molecule has 7 heteroatoms. The molecule has 1 aromatic heterocycles. The zero-order chi connectivity index (χ0) is 15.9. The van der Waals surface area contributed by atoms with Crippen LogP contribution in [0.1, 0.15) is 34.8 Å². The number of aliphatic hydroxyl groups is 2. The van der Waals surface area contributed by atoms with Gasteiger partial charge in [-0.25, -0.2) is 4.98 Å². The molecule has 2 heterocycles. The molecule has 3 rings (SSSR count). The van der Waals surface area contributed by atoms with Crippen molar-refractivity contribution in [3.8, 4) is 0 Å². The van der Waals surface area contributed by atoms with Crippen LogP contribution >= 0.6 is 11.3 Å². The summed E-state index contributed by atoms with van der Waals surface area (Å²) in [6, 6.07) is 0. The number of aromatic nitrogens is 1. The normalized spacial score (nSPS) is 27.2. The molecule has 0 unspecified atom stereocenters. The zero-order valence-electron chi connectivity index (χ0n) is 13.0. The van der Waals surface area contributed by atoms with Crippen molar-refractivity contribution in [3.05, 3.63) is 16.1 Å². The number of rotatable bonds is 3. The summed E-state index contributed by atoms with van der Waals surface area (Å²) in [5.41, 5.74) is 0.127. The highest BCUT2D eigenvalue weighted by Gasteiger charge is 2.55. The van der Waals surface area contributed by atoms with Crippen molar-refractivity contribution in [2.24, 2.45) is 5.41 Å². The Morgan fingerprint density at radius 2 is 2.05 bits per heavy atom. The number of nitrogens with zero attached hydrogens (tertiary/aromatic N) is 3. The zero-order valence-corrected chi connectivity index (χ0v) is 13.8. The molecule has 2 fully saturated rings. The minimum atomic E-state index is -0.425. The average Bonchev–Trinajstić information content (AvgIpc) is 2.94. The van der Waals surface area contributed by atoms with Gasteiger partial charge in [-0.15, -0.1) is 11.3 Å². The largest absolute Gasteiger partial charge is 0.392 e. The smallest absolute Gasteiger partial charge is 0.273 e. The van der Waals surface area contributed by atoms with E-state index in [9.17, 15) is 15.0 Å². The summed E-state index contributed by atoms with van der Waals surface area (Å²) >= 11 is 1.51. The molecular formula is C15H23N3O3S. The molecule has 6 nitrogen and oxygen atoms in total. The van der Waals surface area contributed by atoms with Crippen LogP contribution in [0.5, 0.6) is 0 Å². The number of likely N-dealkylation sites (tertiary alicyclic amines) is 1. The van der Waals surface area contributed by atoms with Crippen LogP contribution in [0, 0.1) is 5.41 Å². The standard InChI is InChI=1S/C15H23N3O3S/c1-17(2)8-13-16-10(9-22-13)14(21)18-5-3-15(4-6-18)11(19)7-12(15)20/h9,11-12,19-20H,3-8H2,1-2H3/t11-,12+. The quantitative estimate of drug-likeness (QED) is 0.849. The summed E-state index contributed by atoms with van der Waals surface area (Å²) in [5.74, 6) is -0.0422. The number of carbonyl (C=O) groups is 1. The summed E-state index contributed by atoms with van der Waals surface area (Å²) in [6.07, 6.45) is 0.941. The molecule has 1 spiro atoms. The van der Waals surface area contributed by atoms with Crippen LogP contribution in [0.4, 0.5) is 0 Å². The number of carbonyl (C=O) groups excluding carboxylic acids is 1. The first-order chi connectivity index (χ1) is 10.4. The Morgan fingerprint density at radius 1 is 1.41 bits per heavy atom. The Labute approximate surface area is 134 Å². The second-order valence-corrected chi connectivity index (χ2v) is 7.60. The first kappa shape index (κ1) is 15.9. The van der Waals surface area contributed by atoms with Crippen molar-refractivity contribution >= 4 is 17.2 Å². The van der Waals surface area contributed by atoms with Gasteiger partial charge in [0.2, 0.25) is 0 Å². The molecule has 2 atom stereocenters. The van der Waals surface area contributed by atoms with E-state index >= 15 is 0 Å². The second-order valence-electron chi connectivity index (χ2n) is 6.66.